The Morgan fingerprint density at radius 3 is 2.56 bits per heavy atom. The third kappa shape index (κ3) is 9.66. The lowest BCUT2D eigenvalue weighted by Gasteiger charge is -2.32. The molecule has 0 aliphatic carbocycles. The van der Waals surface area contributed by atoms with Gasteiger partial charge >= 0.3 is 13.4 Å². The van der Waals surface area contributed by atoms with Crippen molar-refractivity contribution in [2.24, 2.45) is 0 Å². The van der Waals surface area contributed by atoms with E-state index in [9.17, 15) is 43.5 Å². The Bertz CT molecular complexity index is 1940. The van der Waals surface area contributed by atoms with E-state index in [1.54, 1.807) is 0 Å². The van der Waals surface area contributed by atoms with Crippen LogP contribution in [0.2, 0.25) is 0 Å². The van der Waals surface area contributed by atoms with Gasteiger partial charge in [-0.15, -0.1) is 0 Å². The molecule has 0 amide bonds. The summed E-state index contributed by atoms with van der Waals surface area (Å²) in [5.41, 5.74) is 9.59. The summed E-state index contributed by atoms with van der Waals surface area (Å²) < 4.78 is 61.8. The Balaban J connectivity index is 1.39. The first-order valence-electron chi connectivity index (χ1n) is 15.7. The van der Waals surface area contributed by atoms with Crippen LogP contribution in [0.3, 0.4) is 0 Å². The molecule has 2 saturated heterocycles. The molecule has 2 aliphatic heterocycles. The minimum Gasteiger partial charge on any atom is -0.790 e. The fourth-order valence-electron chi connectivity index (χ4n) is 5.69. The number of carboxylic acids is 1. The highest BCUT2D eigenvalue weighted by Crippen LogP contribution is 2.50. The summed E-state index contributed by atoms with van der Waals surface area (Å²) >= 11 is 0. The van der Waals surface area contributed by atoms with Crippen molar-refractivity contribution in [3.05, 3.63) is 39.4 Å². The number of aliphatic carboxylic acids is 1. The molecular weight excluding hydrogens is 740 g/mol. The number of unbranched alkanes of at least 4 members (excludes halogenated alkanes) is 2. The van der Waals surface area contributed by atoms with Crippen LogP contribution in [0.15, 0.2) is 28.2 Å². The van der Waals surface area contributed by atoms with Gasteiger partial charge in [0.15, 0.2) is 23.6 Å². The van der Waals surface area contributed by atoms with E-state index >= 15 is 0 Å². The molecule has 2 fully saturated rings. The second kappa shape index (κ2) is 16.6. The van der Waals surface area contributed by atoms with E-state index in [-0.39, 0.29) is 48.7 Å². The largest absolute Gasteiger partial charge is 0.790 e. The van der Waals surface area contributed by atoms with Gasteiger partial charge in [-0.3, -0.25) is 28.0 Å². The third-order valence-electron chi connectivity index (χ3n) is 8.02. The maximum atomic E-state index is 14.4. The number of fused-ring (bicyclic) bond motifs is 1. The number of nitrogens with one attached hydrogen (secondary N) is 2. The van der Waals surface area contributed by atoms with Crippen molar-refractivity contribution in [1.82, 2.24) is 34.2 Å². The number of imidazole rings is 1. The van der Waals surface area contributed by atoms with E-state index in [0.29, 0.717) is 12.8 Å². The first kappa shape index (κ1) is 39.6. The van der Waals surface area contributed by atoms with Crippen LogP contribution in [0.25, 0.3) is 11.2 Å². The summed E-state index contributed by atoms with van der Waals surface area (Å²) in [4.78, 5) is 72.5. The molecule has 2 aliphatic rings. The van der Waals surface area contributed by atoms with Crippen LogP contribution < -0.4 is 42.7 Å². The topological polar surface area (TPSA) is 359 Å². The monoisotopic (exact) mass is 776 g/mol. The summed E-state index contributed by atoms with van der Waals surface area (Å²) in [6.45, 7) is -1.46. The predicted octanol–water partition coefficient (Wildman–Crippen LogP) is -3.64. The van der Waals surface area contributed by atoms with Crippen LogP contribution in [0.4, 0.5) is 11.8 Å². The van der Waals surface area contributed by atoms with Gasteiger partial charge in [-0.25, -0.2) is 19.4 Å². The number of phosphoric acid groups is 1. The van der Waals surface area contributed by atoms with Gasteiger partial charge in [-0.05, 0) is 25.3 Å². The van der Waals surface area contributed by atoms with Crippen molar-refractivity contribution in [2.75, 3.05) is 38.3 Å². The number of hydrogen-bond acceptors (Lipinski definition) is 20. The van der Waals surface area contributed by atoms with Crippen molar-refractivity contribution in [1.29, 1.82) is 0 Å². The van der Waals surface area contributed by atoms with Gasteiger partial charge in [0.2, 0.25) is 5.95 Å². The van der Waals surface area contributed by atoms with Gasteiger partial charge in [-0.2, -0.15) is 9.97 Å². The molecule has 3 aromatic heterocycles. The van der Waals surface area contributed by atoms with Gasteiger partial charge in [0.05, 0.1) is 33.5 Å². The lowest BCUT2D eigenvalue weighted by molar-refractivity contribution is -0.343. The number of methoxy groups -OCH3 is 1. The number of H-pyrrole nitrogens is 1. The number of carboxylic acid groups (broad SMARTS) is 1. The fraction of sp³-hybridized carbons (Fsp3) is 0.615. The molecule has 1 unspecified atom stereocenters. The van der Waals surface area contributed by atoms with Gasteiger partial charge in [0.1, 0.15) is 30.2 Å². The second-order valence-corrected chi connectivity index (χ2v) is 14.7. The number of carbonyl (C=O) groups is 1. The molecule has 5 rings (SSSR count). The molecule has 7 N–H and O–H groups in total. The SMILES string of the molecule is CO[C@@H]1[C@H](OP(=O)(NCCCCCC(=O)[O-])OC[C@@H]2C[C@@H](O)[C@H](n3ccc(N)nc3=O)O2)[C@@H](COP(=O)([O-])[O-])O[C@H]1n1cnc2c(=O)[nH]c(N)nc21. The highest BCUT2D eigenvalue weighted by atomic mass is 31.2. The number of nitrogens with two attached hydrogens (primary N) is 2. The maximum absolute atomic E-state index is 14.4. The molecule has 52 heavy (non-hydrogen) atoms. The highest BCUT2D eigenvalue weighted by Gasteiger charge is 2.51. The van der Waals surface area contributed by atoms with Crippen molar-refractivity contribution in [3.8, 4) is 0 Å². The number of aromatic nitrogens is 6. The third-order valence-corrected chi connectivity index (χ3v) is 10.1. The van der Waals surface area contributed by atoms with E-state index in [1.807, 2.05) is 0 Å². The van der Waals surface area contributed by atoms with E-state index in [1.165, 1.54) is 23.9 Å². The normalized spacial score (nSPS) is 26.2. The smallest absolute Gasteiger partial charge is 0.406 e. The van der Waals surface area contributed by atoms with E-state index in [2.05, 4.69) is 29.5 Å². The average Bonchev–Trinajstić information content (AvgIpc) is 3.75. The quantitative estimate of drug-likeness (QED) is 0.0614. The molecule has 288 valence electrons. The minimum absolute atomic E-state index is 0.0438. The number of nitrogens with zero attached hydrogens (tertiary/aromatic N) is 5. The molecule has 24 nitrogen and oxygen atoms in total. The Labute approximate surface area is 293 Å². The Morgan fingerprint density at radius 1 is 1.10 bits per heavy atom. The van der Waals surface area contributed by atoms with Crippen molar-refractivity contribution >= 4 is 44.5 Å². The number of anilines is 2. The summed E-state index contributed by atoms with van der Waals surface area (Å²) in [5, 5.41) is 24.1. The van der Waals surface area contributed by atoms with E-state index < -0.39 is 89.0 Å². The number of rotatable bonds is 18. The Hall–Kier alpha value is -3.64. The average molecular weight is 777 g/mol. The molecule has 0 aromatic carbocycles. The second-order valence-electron chi connectivity index (χ2n) is 11.7. The lowest BCUT2D eigenvalue weighted by Crippen LogP contribution is -2.39. The van der Waals surface area contributed by atoms with Crippen LogP contribution in [-0.4, -0.2) is 97.5 Å². The standard InChI is InChI=1S/C26H39N9O15P2/c1-45-20-19(15(11-47-52(42,43)44)49-24(20)35-12-29-18-21(35)32-25(28)33-22(18)39)50-51(41,30-7-4-2-3-5-17(37)38)46-10-13-9-14(36)23(48-13)34-8-6-16(27)31-26(34)40/h6,8,12-15,19-20,23-24,36H,2-5,7,9-11H2,1H3,(H,30,41)(H,37,38)(H2,27,31,40)(H2,42,43,44)(H3,28,32,33,39)/p-3/t13-,14+,15+,19+,20+,23+,24+,51?/m0/s1. The van der Waals surface area contributed by atoms with Gasteiger partial charge in [-0.1, -0.05) is 6.42 Å². The zero-order valence-corrected chi connectivity index (χ0v) is 29.2. The van der Waals surface area contributed by atoms with Gasteiger partial charge in [0.25, 0.3) is 5.56 Å². The van der Waals surface area contributed by atoms with Crippen LogP contribution >= 0.6 is 15.6 Å². The van der Waals surface area contributed by atoms with Gasteiger partial charge in [0, 0.05) is 32.2 Å². The number of nitrogen functional groups attached to an aromatic ring is 2. The van der Waals surface area contributed by atoms with Crippen molar-refractivity contribution in [2.45, 2.75) is 75.1 Å². The molecular formula is C26H36N9O15P2-3. The molecule has 26 heteroatoms. The Morgan fingerprint density at radius 2 is 1.87 bits per heavy atom. The number of phosphoric ester groups is 1. The minimum atomic E-state index is -5.57. The Kier molecular flexibility index (Phi) is 12.6. The molecule has 3 aromatic rings. The van der Waals surface area contributed by atoms with Crippen LogP contribution in [-0.2, 0) is 41.7 Å². The van der Waals surface area contributed by atoms with E-state index in [0.717, 1.165) is 10.9 Å². The van der Waals surface area contributed by atoms with Crippen LogP contribution in [0.1, 0.15) is 44.6 Å². The highest BCUT2D eigenvalue weighted by molar-refractivity contribution is 7.51. The molecule has 0 bridgehead atoms. The number of ether oxygens (including phenoxy) is 3. The number of aromatic amines is 1. The fourth-order valence-corrected chi connectivity index (χ4v) is 7.61. The number of carbonyl (C=O) groups excluding carboxylic acids is 1. The number of hydrogen-bond donors (Lipinski definition) is 5. The zero-order valence-electron chi connectivity index (χ0n) is 27.4. The number of aliphatic hydroxyl groups excluding tert-OH is 1. The predicted molar refractivity (Wildman–Crippen MR) is 168 cm³/mol. The van der Waals surface area contributed by atoms with Crippen LogP contribution in [0.5, 0.6) is 0 Å². The van der Waals surface area contributed by atoms with Crippen molar-refractivity contribution in [3.63, 3.8) is 0 Å². The maximum Gasteiger partial charge on any atom is 0.406 e. The summed E-state index contributed by atoms with van der Waals surface area (Å²) in [5.74, 6) is -1.54. The number of aliphatic hydroxyl groups is 1. The van der Waals surface area contributed by atoms with Gasteiger partial charge < -0.3 is 59.6 Å². The summed E-state index contributed by atoms with van der Waals surface area (Å²) in [7, 11) is -8.88. The summed E-state index contributed by atoms with van der Waals surface area (Å²) in [6.07, 6.45) is -5.85. The summed E-state index contributed by atoms with van der Waals surface area (Å²) in [6, 6.07) is 1.33. The first-order valence-corrected chi connectivity index (χ1v) is 18.7. The van der Waals surface area contributed by atoms with Crippen LogP contribution in [0, 0.1) is 0 Å². The first-order chi connectivity index (χ1) is 24.6. The molecule has 5 heterocycles. The lowest BCUT2D eigenvalue weighted by atomic mass is 10.1. The van der Waals surface area contributed by atoms with Crippen molar-refractivity contribution < 1.29 is 61.7 Å². The molecule has 0 saturated carbocycles. The zero-order chi connectivity index (χ0) is 37.8. The molecule has 8 atom stereocenters. The van der Waals surface area contributed by atoms with E-state index in [4.69, 9.17) is 34.7 Å². The molecule has 0 spiro atoms. The molecule has 0 radical (unpaired) electrons.